The predicted octanol–water partition coefficient (Wildman–Crippen LogP) is 0.107. The van der Waals surface area contributed by atoms with E-state index in [1.54, 1.807) is 0 Å². The number of nitrogens with two attached hydrogens (primary N) is 1. The molecule has 0 aliphatic carbocycles. The molecule has 1 aliphatic heterocycles. The van der Waals surface area contributed by atoms with Crippen LogP contribution in [0.15, 0.2) is 0 Å². The van der Waals surface area contributed by atoms with Gasteiger partial charge in [0.15, 0.2) is 0 Å². The Kier molecular flexibility index (Phi) is 3.31. The second kappa shape index (κ2) is 4.27. The number of hydrogen-bond acceptors (Lipinski definition) is 4. The minimum Gasteiger partial charge on any atom is -0.452 e. The fourth-order valence-corrected chi connectivity index (χ4v) is 1.22. The third-order valence-electron chi connectivity index (χ3n) is 1.97. The van der Waals surface area contributed by atoms with Crippen LogP contribution in [0, 0.1) is 0 Å². The number of nitrogens with zero attached hydrogens (tertiary/aromatic N) is 1. The average Bonchev–Trinajstić information content (AvgIpc) is 2.17. The summed E-state index contributed by atoms with van der Waals surface area (Å²) in [6, 6.07) is 0.0613. The van der Waals surface area contributed by atoms with Crippen LogP contribution in [0.4, 0.5) is 4.79 Å². The van der Waals surface area contributed by atoms with Crippen LogP contribution in [-0.2, 0) is 9.47 Å². The lowest BCUT2D eigenvalue weighted by atomic mass is 10.1. The third kappa shape index (κ3) is 2.09. The first-order chi connectivity index (χ1) is 5.75. The van der Waals surface area contributed by atoms with Crippen LogP contribution >= 0.6 is 0 Å². The Hall–Kier alpha value is -0.810. The van der Waals surface area contributed by atoms with E-state index in [1.807, 2.05) is 0 Å². The molecule has 70 valence electrons. The Balaban J connectivity index is 2.39. The molecule has 1 fully saturated rings. The molecule has 5 heteroatoms. The van der Waals surface area contributed by atoms with Gasteiger partial charge in [0.25, 0.3) is 0 Å². The minimum atomic E-state index is -0.484. The van der Waals surface area contributed by atoms with E-state index in [1.165, 1.54) is 7.11 Å². The van der Waals surface area contributed by atoms with Crippen LogP contribution in [0.5, 0.6) is 0 Å². The van der Waals surface area contributed by atoms with Gasteiger partial charge in [0.2, 0.25) is 0 Å². The molecule has 2 N–H and O–H groups in total. The van der Waals surface area contributed by atoms with Gasteiger partial charge in [-0.2, -0.15) is 0 Å². The maximum absolute atomic E-state index is 10.9. The van der Waals surface area contributed by atoms with Gasteiger partial charge in [0, 0.05) is 13.2 Å². The zero-order valence-corrected chi connectivity index (χ0v) is 7.16. The first-order valence-corrected chi connectivity index (χ1v) is 3.95. The summed E-state index contributed by atoms with van der Waals surface area (Å²) in [4.78, 5) is 10.9. The van der Waals surface area contributed by atoms with E-state index >= 15 is 0 Å². The molecule has 12 heavy (non-hydrogen) atoms. The summed E-state index contributed by atoms with van der Waals surface area (Å²) in [6.45, 7) is 1.32. The van der Waals surface area contributed by atoms with Gasteiger partial charge in [-0.05, 0) is 12.8 Å². The third-order valence-corrected chi connectivity index (χ3v) is 1.97. The summed E-state index contributed by atoms with van der Waals surface area (Å²) in [5.74, 6) is 5.51. The molecule has 0 saturated carbocycles. The van der Waals surface area contributed by atoms with Crippen LogP contribution in [0.1, 0.15) is 12.8 Å². The number of methoxy groups -OCH3 is 1. The van der Waals surface area contributed by atoms with Crippen LogP contribution in [0.25, 0.3) is 0 Å². The molecule has 0 aromatic carbocycles. The van der Waals surface area contributed by atoms with E-state index in [0.717, 1.165) is 17.9 Å². The fourth-order valence-electron chi connectivity index (χ4n) is 1.22. The van der Waals surface area contributed by atoms with Gasteiger partial charge in [-0.1, -0.05) is 0 Å². The Morgan fingerprint density at radius 1 is 1.58 bits per heavy atom. The number of hydrogen-bond donors (Lipinski definition) is 1. The van der Waals surface area contributed by atoms with Gasteiger partial charge in [0.1, 0.15) is 0 Å². The van der Waals surface area contributed by atoms with Gasteiger partial charge < -0.3 is 9.47 Å². The lowest BCUT2D eigenvalue weighted by Crippen LogP contribution is -2.47. The largest absolute Gasteiger partial charge is 0.452 e. The maximum atomic E-state index is 10.9. The van der Waals surface area contributed by atoms with Crippen molar-refractivity contribution in [3.05, 3.63) is 0 Å². The molecule has 0 aromatic rings. The SMILES string of the molecule is COC(=O)N(N)C1CCOCC1. The predicted molar refractivity (Wildman–Crippen MR) is 42.3 cm³/mol. The van der Waals surface area contributed by atoms with E-state index in [-0.39, 0.29) is 6.04 Å². The molecule has 0 bridgehead atoms. The highest BCUT2D eigenvalue weighted by molar-refractivity contribution is 5.66. The normalized spacial score (nSPS) is 18.8. The molecule has 0 unspecified atom stereocenters. The molecule has 1 rings (SSSR count). The van der Waals surface area contributed by atoms with Crippen molar-refractivity contribution in [3.8, 4) is 0 Å². The van der Waals surface area contributed by atoms with Crippen LogP contribution < -0.4 is 5.84 Å². The molecule has 5 nitrogen and oxygen atoms in total. The molecule has 1 heterocycles. The van der Waals surface area contributed by atoms with Crippen molar-refractivity contribution in [1.82, 2.24) is 5.01 Å². The number of rotatable bonds is 1. The first kappa shape index (κ1) is 9.28. The van der Waals surface area contributed by atoms with Crippen LogP contribution in [0.3, 0.4) is 0 Å². The smallest absolute Gasteiger partial charge is 0.424 e. The summed E-state index contributed by atoms with van der Waals surface area (Å²) in [6.07, 6.45) is 1.08. The molecule has 0 aromatic heterocycles. The van der Waals surface area contributed by atoms with E-state index in [0.29, 0.717) is 13.2 Å². The van der Waals surface area contributed by atoms with E-state index < -0.39 is 6.09 Å². The Bertz CT molecular complexity index is 157. The maximum Gasteiger partial charge on any atom is 0.424 e. The standard InChI is InChI=1S/C7H14N2O3/c1-11-7(10)9(8)6-2-4-12-5-3-6/h6H,2-5,8H2,1H3. The average molecular weight is 174 g/mol. The zero-order valence-electron chi connectivity index (χ0n) is 7.16. The van der Waals surface area contributed by atoms with Crippen molar-refractivity contribution >= 4 is 6.09 Å². The van der Waals surface area contributed by atoms with Crippen molar-refractivity contribution in [1.29, 1.82) is 0 Å². The molecule has 0 spiro atoms. The minimum absolute atomic E-state index is 0.0613. The highest BCUT2D eigenvalue weighted by Gasteiger charge is 2.23. The Morgan fingerprint density at radius 2 is 2.17 bits per heavy atom. The number of ether oxygens (including phenoxy) is 2. The molecule has 1 saturated heterocycles. The Labute approximate surface area is 71.4 Å². The van der Waals surface area contributed by atoms with Crippen molar-refractivity contribution in [3.63, 3.8) is 0 Å². The molecule has 1 amide bonds. The van der Waals surface area contributed by atoms with Crippen molar-refractivity contribution in [2.24, 2.45) is 5.84 Å². The second-order valence-corrected chi connectivity index (χ2v) is 2.72. The first-order valence-electron chi connectivity index (χ1n) is 3.95. The van der Waals surface area contributed by atoms with Gasteiger partial charge in [-0.25, -0.2) is 15.6 Å². The summed E-state index contributed by atoms with van der Waals surface area (Å²) >= 11 is 0. The molecule has 1 aliphatic rings. The van der Waals surface area contributed by atoms with Crippen molar-refractivity contribution in [2.45, 2.75) is 18.9 Å². The topological polar surface area (TPSA) is 64.8 Å². The van der Waals surface area contributed by atoms with Crippen LogP contribution in [0.2, 0.25) is 0 Å². The van der Waals surface area contributed by atoms with E-state index in [4.69, 9.17) is 10.6 Å². The lowest BCUT2D eigenvalue weighted by Gasteiger charge is -2.29. The lowest BCUT2D eigenvalue weighted by molar-refractivity contribution is 0.0310. The summed E-state index contributed by atoms with van der Waals surface area (Å²) in [7, 11) is 1.32. The molecular formula is C7H14N2O3. The monoisotopic (exact) mass is 174 g/mol. The second-order valence-electron chi connectivity index (χ2n) is 2.72. The number of amides is 1. The summed E-state index contributed by atoms with van der Waals surface area (Å²) in [5, 5.41) is 1.14. The zero-order chi connectivity index (χ0) is 8.97. The van der Waals surface area contributed by atoms with Crippen molar-refractivity contribution in [2.75, 3.05) is 20.3 Å². The molecular weight excluding hydrogens is 160 g/mol. The van der Waals surface area contributed by atoms with Gasteiger partial charge in [-0.3, -0.25) is 0 Å². The Morgan fingerprint density at radius 3 is 2.67 bits per heavy atom. The number of carbonyl (C=O) groups is 1. The van der Waals surface area contributed by atoms with Gasteiger partial charge in [-0.15, -0.1) is 0 Å². The van der Waals surface area contributed by atoms with Gasteiger partial charge in [0.05, 0.1) is 13.2 Å². The quantitative estimate of drug-likeness (QED) is 0.348. The fraction of sp³-hybridized carbons (Fsp3) is 0.857. The molecule has 0 radical (unpaired) electrons. The highest BCUT2D eigenvalue weighted by atomic mass is 16.5. The number of hydrazine groups is 1. The van der Waals surface area contributed by atoms with E-state index in [9.17, 15) is 4.79 Å². The van der Waals surface area contributed by atoms with E-state index in [2.05, 4.69) is 4.74 Å². The molecule has 0 atom stereocenters. The van der Waals surface area contributed by atoms with Gasteiger partial charge >= 0.3 is 6.09 Å². The van der Waals surface area contributed by atoms with Crippen molar-refractivity contribution < 1.29 is 14.3 Å². The number of carbonyl (C=O) groups excluding carboxylic acids is 1. The van der Waals surface area contributed by atoms with Crippen LogP contribution in [-0.4, -0.2) is 37.5 Å². The summed E-state index contributed by atoms with van der Waals surface area (Å²) in [5.41, 5.74) is 0. The summed E-state index contributed by atoms with van der Waals surface area (Å²) < 4.78 is 9.62. The highest BCUT2D eigenvalue weighted by Crippen LogP contribution is 2.11.